The first kappa shape index (κ1) is 61.3. The summed E-state index contributed by atoms with van der Waals surface area (Å²) in [6.45, 7) is 6.38. The van der Waals surface area contributed by atoms with Crippen molar-refractivity contribution in [1.82, 2.24) is 0 Å². The summed E-state index contributed by atoms with van der Waals surface area (Å²) in [6, 6.07) is 0. The largest absolute Gasteiger partial charge is 0.462 e. The molecule has 0 saturated carbocycles. The number of ether oxygens (including phenoxy) is 3. The molecule has 0 amide bonds. The maximum absolute atomic E-state index is 12.7. The van der Waals surface area contributed by atoms with Crippen LogP contribution in [-0.2, 0) is 28.6 Å². The van der Waals surface area contributed by atoms with Gasteiger partial charge in [-0.15, -0.1) is 0 Å². The van der Waals surface area contributed by atoms with Gasteiger partial charge < -0.3 is 14.2 Å². The molecular formula is C59H98O6. The van der Waals surface area contributed by atoms with Crippen LogP contribution < -0.4 is 0 Å². The monoisotopic (exact) mass is 903 g/mol. The quantitative estimate of drug-likeness (QED) is 0.0262. The van der Waals surface area contributed by atoms with Gasteiger partial charge in [0.2, 0.25) is 0 Å². The maximum atomic E-state index is 12.7. The van der Waals surface area contributed by atoms with E-state index in [4.69, 9.17) is 14.2 Å². The molecule has 6 heteroatoms. The number of hydrogen-bond donors (Lipinski definition) is 0. The van der Waals surface area contributed by atoms with Crippen molar-refractivity contribution in [2.45, 2.75) is 245 Å². The van der Waals surface area contributed by atoms with E-state index in [0.717, 1.165) is 128 Å². The van der Waals surface area contributed by atoms with E-state index in [-0.39, 0.29) is 31.1 Å². The molecule has 0 aliphatic carbocycles. The lowest BCUT2D eigenvalue weighted by atomic mass is 10.1. The predicted molar refractivity (Wildman–Crippen MR) is 279 cm³/mol. The van der Waals surface area contributed by atoms with Crippen LogP contribution in [-0.4, -0.2) is 37.2 Å². The highest BCUT2D eigenvalue weighted by molar-refractivity contribution is 5.71. The minimum Gasteiger partial charge on any atom is -0.462 e. The number of carbonyl (C=O) groups is 3. The van der Waals surface area contributed by atoms with E-state index in [1.807, 2.05) is 0 Å². The van der Waals surface area contributed by atoms with Gasteiger partial charge in [0.15, 0.2) is 6.10 Å². The Balaban J connectivity index is 4.04. The van der Waals surface area contributed by atoms with Gasteiger partial charge in [0.25, 0.3) is 0 Å². The van der Waals surface area contributed by atoms with Crippen LogP contribution >= 0.6 is 0 Å². The molecule has 0 aliphatic heterocycles. The summed E-state index contributed by atoms with van der Waals surface area (Å²) < 4.78 is 16.6. The zero-order valence-corrected chi connectivity index (χ0v) is 42.2. The highest BCUT2D eigenvalue weighted by atomic mass is 16.6. The number of carbonyl (C=O) groups excluding carboxylic acids is 3. The number of hydrogen-bond acceptors (Lipinski definition) is 6. The average Bonchev–Trinajstić information content (AvgIpc) is 3.30. The van der Waals surface area contributed by atoms with E-state index in [1.54, 1.807) is 0 Å². The summed E-state index contributed by atoms with van der Waals surface area (Å²) in [4.78, 5) is 37.6. The summed E-state index contributed by atoms with van der Waals surface area (Å²) in [5.41, 5.74) is 0. The molecule has 0 N–H and O–H groups in total. The molecule has 0 spiro atoms. The Labute approximate surface area is 400 Å². The van der Waals surface area contributed by atoms with Gasteiger partial charge in [0.05, 0.1) is 0 Å². The second-order valence-electron chi connectivity index (χ2n) is 17.4. The third kappa shape index (κ3) is 51.2. The molecule has 0 saturated heterocycles. The van der Waals surface area contributed by atoms with Crippen LogP contribution in [0.4, 0.5) is 0 Å². The van der Waals surface area contributed by atoms with Crippen LogP contribution in [0.2, 0.25) is 0 Å². The molecule has 0 rings (SSSR count). The molecule has 370 valence electrons. The van der Waals surface area contributed by atoms with Gasteiger partial charge in [-0.25, -0.2) is 0 Å². The van der Waals surface area contributed by atoms with Gasteiger partial charge in [-0.3, -0.25) is 14.4 Å². The molecule has 0 heterocycles. The van der Waals surface area contributed by atoms with Crippen LogP contribution in [0.5, 0.6) is 0 Å². The van der Waals surface area contributed by atoms with Gasteiger partial charge >= 0.3 is 17.9 Å². The molecule has 6 nitrogen and oxygen atoms in total. The average molecular weight is 903 g/mol. The van der Waals surface area contributed by atoms with Crippen LogP contribution in [0, 0.1) is 0 Å². The van der Waals surface area contributed by atoms with Gasteiger partial charge in [-0.05, 0) is 96.3 Å². The van der Waals surface area contributed by atoms with E-state index >= 15 is 0 Å². The minimum absolute atomic E-state index is 0.0830. The topological polar surface area (TPSA) is 78.9 Å². The van der Waals surface area contributed by atoms with E-state index in [2.05, 4.69) is 118 Å². The fourth-order valence-corrected chi connectivity index (χ4v) is 7.05. The Bertz CT molecular complexity index is 1310. The summed E-state index contributed by atoms with van der Waals surface area (Å²) in [5, 5.41) is 0. The van der Waals surface area contributed by atoms with E-state index in [0.29, 0.717) is 19.3 Å². The Kier molecular flexibility index (Phi) is 50.0. The van der Waals surface area contributed by atoms with Gasteiger partial charge in [-0.2, -0.15) is 0 Å². The summed E-state index contributed by atoms with van der Waals surface area (Å²) in [7, 11) is 0. The second-order valence-corrected chi connectivity index (χ2v) is 17.4. The van der Waals surface area contributed by atoms with E-state index < -0.39 is 6.10 Å². The molecule has 65 heavy (non-hydrogen) atoms. The van der Waals surface area contributed by atoms with Crippen molar-refractivity contribution in [1.29, 1.82) is 0 Å². The van der Waals surface area contributed by atoms with Crippen molar-refractivity contribution in [2.24, 2.45) is 0 Å². The molecule has 0 aliphatic rings. The first-order chi connectivity index (χ1) is 32.0. The second kappa shape index (κ2) is 52.9. The highest BCUT2D eigenvalue weighted by Gasteiger charge is 2.19. The van der Waals surface area contributed by atoms with E-state index in [1.165, 1.54) is 70.6 Å². The SMILES string of the molecule is CC/C=C\C/C=C\C/C=C\C/C=C\C/C=C\C/C=C\C/C=C\CCCCCCCCCCCC(=O)OCC(COC(=O)CCCCCCC)OC(=O)CCCCCCC/C=C\CCCC. The zero-order chi connectivity index (χ0) is 47.2. The van der Waals surface area contributed by atoms with Gasteiger partial charge in [-0.1, -0.05) is 221 Å². The fraction of sp³-hybridized carbons (Fsp3) is 0.678. The van der Waals surface area contributed by atoms with Crippen molar-refractivity contribution in [3.63, 3.8) is 0 Å². The number of rotatable bonds is 47. The predicted octanol–water partition coefficient (Wildman–Crippen LogP) is 17.8. The molecular weight excluding hydrogens is 805 g/mol. The van der Waals surface area contributed by atoms with Crippen molar-refractivity contribution >= 4 is 17.9 Å². The van der Waals surface area contributed by atoms with Crippen LogP contribution in [0.15, 0.2) is 97.2 Å². The first-order valence-corrected chi connectivity index (χ1v) is 26.7. The minimum atomic E-state index is -0.778. The normalized spacial score (nSPS) is 12.8. The number of allylic oxidation sites excluding steroid dienone is 16. The Morgan fingerprint density at radius 2 is 0.615 bits per heavy atom. The zero-order valence-electron chi connectivity index (χ0n) is 42.2. The maximum Gasteiger partial charge on any atom is 0.306 e. The van der Waals surface area contributed by atoms with Crippen molar-refractivity contribution in [3.8, 4) is 0 Å². The summed E-state index contributed by atoms with van der Waals surface area (Å²) >= 11 is 0. The van der Waals surface area contributed by atoms with Crippen LogP contribution in [0.3, 0.4) is 0 Å². The highest BCUT2D eigenvalue weighted by Crippen LogP contribution is 2.14. The molecule has 0 aromatic heterocycles. The van der Waals surface area contributed by atoms with Crippen LogP contribution in [0.25, 0.3) is 0 Å². The summed E-state index contributed by atoms with van der Waals surface area (Å²) in [6.07, 6.45) is 70.2. The lowest BCUT2D eigenvalue weighted by Crippen LogP contribution is -2.30. The van der Waals surface area contributed by atoms with Gasteiger partial charge in [0, 0.05) is 19.3 Å². The molecule has 1 unspecified atom stereocenters. The molecule has 0 aromatic rings. The fourth-order valence-electron chi connectivity index (χ4n) is 7.05. The number of esters is 3. The molecule has 0 fully saturated rings. The van der Waals surface area contributed by atoms with Crippen molar-refractivity contribution < 1.29 is 28.6 Å². The molecule has 0 aromatic carbocycles. The van der Waals surface area contributed by atoms with Crippen LogP contribution in [0.1, 0.15) is 239 Å². The van der Waals surface area contributed by atoms with Crippen molar-refractivity contribution in [3.05, 3.63) is 97.2 Å². The Morgan fingerprint density at radius 3 is 1.00 bits per heavy atom. The standard InChI is InChI=1S/C59H98O6/c1-4-7-10-13-15-17-19-20-21-22-23-24-25-26-27-28-29-30-31-32-33-34-35-36-37-38-40-41-43-46-49-52-58(61)64-55-56(54-63-57(60)51-48-45-12-9-6-3)65-59(62)53-50-47-44-42-39-18-16-14-11-8-5-2/h7,10,14-17,20-21,23-24,26-27,29-30,32-33,56H,4-6,8-9,11-13,18-19,22,25,28,31,34-55H2,1-3H3/b10-7-,16-14-,17-15-,21-20-,24-23-,27-26-,30-29-,33-32-. The molecule has 0 radical (unpaired) electrons. The Morgan fingerprint density at radius 1 is 0.323 bits per heavy atom. The third-order valence-corrected chi connectivity index (χ3v) is 11.1. The van der Waals surface area contributed by atoms with E-state index in [9.17, 15) is 14.4 Å². The lowest BCUT2D eigenvalue weighted by Gasteiger charge is -2.18. The lowest BCUT2D eigenvalue weighted by molar-refractivity contribution is -0.167. The molecule has 1 atom stereocenters. The third-order valence-electron chi connectivity index (χ3n) is 11.1. The summed E-state index contributed by atoms with van der Waals surface area (Å²) in [5.74, 6) is -0.917. The first-order valence-electron chi connectivity index (χ1n) is 26.7. The Hall–Kier alpha value is -3.67. The molecule has 0 bridgehead atoms. The smallest absolute Gasteiger partial charge is 0.306 e. The van der Waals surface area contributed by atoms with Gasteiger partial charge in [0.1, 0.15) is 13.2 Å². The number of unbranched alkanes of at least 4 members (excludes halogenated alkanes) is 20. The van der Waals surface area contributed by atoms with Crippen molar-refractivity contribution in [2.75, 3.05) is 13.2 Å².